The van der Waals surface area contributed by atoms with Crippen molar-refractivity contribution in [1.29, 1.82) is 0 Å². The fourth-order valence-electron chi connectivity index (χ4n) is 3.59. The number of hydrogen-bond donors (Lipinski definition) is 4. The molecule has 7 nitrogen and oxygen atoms in total. The lowest BCUT2D eigenvalue weighted by Crippen LogP contribution is -2.35. The molecule has 0 spiro atoms. The normalized spacial score (nSPS) is 14.6. The number of ketones is 1. The maximum atomic E-state index is 12.7. The van der Waals surface area contributed by atoms with Crippen molar-refractivity contribution >= 4 is 28.9 Å². The third kappa shape index (κ3) is 3.97. The van der Waals surface area contributed by atoms with Gasteiger partial charge in [0.25, 0.3) is 0 Å². The van der Waals surface area contributed by atoms with Crippen molar-refractivity contribution in [2.24, 2.45) is 0 Å². The quantitative estimate of drug-likeness (QED) is 0.500. The van der Waals surface area contributed by atoms with E-state index in [0.717, 1.165) is 41.2 Å². The smallest absolute Gasteiger partial charge is 0.242 e. The van der Waals surface area contributed by atoms with Crippen LogP contribution in [0.25, 0.3) is 11.3 Å². The molecule has 4 rings (SSSR count). The number of rotatable bonds is 6. The van der Waals surface area contributed by atoms with Crippen molar-refractivity contribution in [2.75, 3.05) is 17.7 Å². The Labute approximate surface area is 176 Å². The number of carbonyl (C=O) groups is 2. The van der Waals surface area contributed by atoms with Gasteiger partial charge in [-0.3, -0.25) is 9.59 Å². The summed E-state index contributed by atoms with van der Waals surface area (Å²) in [5, 5.41) is 8.95. The van der Waals surface area contributed by atoms with Gasteiger partial charge < -0.3 is 20.9 Å². The van der Waals surface area contributed by atoms with Gasteiger partial charge in [0.05, 0.1) is 23.0 Å². The number of para-hydroxylation sites is 1. The summed E-state index contributed by atoms with van der Waals surface area (Å²) in [5.41, 5.74) is 4.88. The number of aryl methyl sites for hydroxylation is 1. The van der Waals surface area contributed by atoms with Crippen molar-refractivity contribution < 1.29 is 11.0 Å². The number of nitrogens with one attached hydrogen (secondary N) is 4. The Balaban J connectivity index is 1.71. The van der Waals surface area contributed by atoms with Gasteiger partial charge in [0.2, 0.25) is 5.91 Å². The molecule has 0 aliphatic heterocycles. The monoisotopic (exact) mass is 404 g/mol. The van der Waals surface area contributed by atoms with Crippen molar-refractivity contribution in [3.8, 4) is 11.3 Å². The number of nitrogens with zero attached hydrogens (tertiary/aromatic N) is 1. The molecule has 0 saturated heterocycles. The first-order valence-corrected chi connectivity index (χ1v) is 9.97. The molecule has 0 bridgehead atoms. The summed E-state index contributed by atoms with van der Waals surface area (Å²) < 4.78 is 7.20. The van der Waals surface area contributed by atoms with Crippen LogP contribution in [0.1, 0.15) is 37.2 Å². The highest BCUT2D eigenvalue weighted by atomic mass is 16.2. The largest absolute Gasteiger partial charge is 0.356 e. The second-order valence-electron chi connectivity index (χ2n) is 7.34. The third-order valence-electron chi connectivity index (χ3n) is 5.23. The number of anilines is 3. The standard InChI is InChI=1S/C23H25N5O2/c1-14(24-2)23(30)28-19-13-15(11-12-25-19)21-22(26-16-7-4-3-5-8-16)20-17(27-21)9-6-10-18(20)29/h3-5,7-8,11-14,24,26-27H,6,9-10H2,1-2H3,(H,25,28,30)/t14-/m0/s1/i2D. The van der Waals surface area contributed by atoms with E-state index in [9.17, 15) is 9.59 Å². The molecule has 154 valence electrons. The zero-order valence-corrected chi connectivity index (χ0v) is 16.8. The zero-order chi connectivity index (χ0) is 21.8. The predicted molar refractivity (Wildman–Crippen MR) is 118 cm³/mol. The summed E-state index contributed by atoms with van der Waals surface area (Å²) in [5.74, 6) is 0.270. The third-order valence-corrected chi connectivity index (χ3v) is 5.23. The molecule has 1 aromatic carbocycles. The number of fused-ring (bicyclic) bond motifs is 1. The van der Waals surface area contributed by atoms with Crippen LogP contribution in [0.2, 0.25) is 0 Å². The minimum Gasteiger partial charge on any atom is -0.356 e. The lowest BCUT2D eigenvalue weighted by Gasteiger charge is -2.14. The van der Waals surface area contributed by atoms with Gasteiger partial charge in [0.1, 0.15) is 5.82 Å². The van der Waals surface area contributed by atoms with E-state index < -0.39 is 6.04 Å². The topological polar surface area (TPSA) is 98.9 Å². The molecule has 0 saturated carbocycles. The SMILES string of the molecule is [2H]CN[C@@H](C)C(=O)Nc1cc(-c2[nH]c3c(c2Nc2ccccc2)C(=O)CCC3)ccn1. The van der Waals surface area contributed by atoms with Crippen LogP contribution in [0.4, 0.5) is 17.2 Å². The van der Waals surface area contributed by atoms with Crippen molar-refractivity contribution in [2.45, 2.75) is 32.2 Å². The summed E-state index contributed by atoms with van der Waals surface area (Å²) >= 11 is 0. The van der Waals surface area contributed by atoms with Crippen LogP contribution >= 0.6 is 0 Å². The summed E-state index contributed by atoms with van der Waals surface area (Å²) in [6.45, 7) is 1.69. The average Bonchev–Trinajstić information content (AvgIpc) is 3.14. The van der Waals surface area contributed by atoms with E-state index in [2.05, 4.69) is 25.9 Å². The number of carbonyl (C=O) groups excluding carboxylic acids is 2. The van der Waals surface area contributed by atoms with Gasteiger partial charge in [-0.25, -0.2) is 4.98 Å². The molecule has 1 atom stereocenters. The molecule has 0 unspecified atom stereocenters. The first kappa shape index (κ1) is 18.6. The Hall–Kier alpha value is -3.45. The number of amides is 1. The number of Topliss-reactive ketones (excluding diaryl/α,β-unsaturated/α-hetero) is 1. The van der Waals surface area contributed by atoms with Crippen molar-refractivity contribution in [1.82, 2.24) is 15.3 Å². The first-order chi connectivity index (χ1) is 15.1. The highest BCUT2D eigenvalue weighted by Gasteiger charge is 2.27. The Bertz CT molecular complexity index is 1100. The van der Waals surface area contributed by atoms with E-state index >= 15 is 0 Å². The van der Waals surface area contributed by atoms with E-state index in [4.69, 9.17) is 1.37 Å². The number of hydrogen-bond acceptors (Lipinski definition) is 5. The van der Waals surface area contributed by atoms with Crippen LogP contribution in [0.15, 0.2) is 48.7 Å². The fourth-order valence-corrected chi connectivity index (χ4v) is 3.59. The van der Waals surface area contributed by atoms with Gasteiger partial charge in [0.15, 0.2) is 5.78 Å². The van der Waals surface area contributed by atoms with E-state index in [0.29, 0.717) is 17.8 Å². The van der Waals surface area contributed by atoms with Gasteiger partial charge in [0, 0.05) is 30.9 Å². The van der Waals surface area contributed by atoms with Gasteiger partial charge in [-0.1, -0.05) is 18.2 Å². The van der Waals surface area contributed by atoms with Gasteiger partial charge in [-0.15, -0.1) is 0 Å². The van der Waals surface area contributed by atoms with Crippen molar-refractivity contribution in [3.63, 3.8) is 0 Å². The highest BCUT2D eigenvalue weighted by Crippen LogP contribution is 2.39. The number of aromatic amines is 1. The molecular weight excluding hydrogens is 378 g/mol. The molecule has 1 aliphatic carbocycles. The van der Waals surface area contributed by atoms with Gasteiger partial charge in [-0.2, -0.15) is 0 Å². The van der Waals surface area contributed by atoms with E-state index in [1.165, 1.54) is 0 Å². The van der Waals surface area contributed by atoms with Crippen LogP contribution in [0.5, 0.6) is 0 Å². The van der Waals surface area contributed by atoms with E-state index in [1.54, 1.807) is 19.2 Å². The molecule has 30 heavy (non-hydrogen) atoms. The summed E-state index contributed by atoms with van der Waals surface area (Å²) in [4.78, 5) is 32.7. The Morgan fingerprint density at radius 3 is 2.87 bits per heavy atom. The van der Waals surface area contributed by atoms with Crippen molar-refractivity contribution in [3.05, 3.63) is 59.9 Å². The fraction of sp³-hybridized carbons (Fsp3) is 0.261. The van der Waals surface area contributed by atoms with Gasteiger partial charge in [-0.05, 0) is 51.1 Å². The molecule has 4 N–H and O–H groups in total. The molecule has 3 aromatic rings. The lowest BCUT2D eigenvalue weighted by atomic mass is 9.95. The van der Waals surface area contributed by atoms with Gasteiger partial charge >= 0.3 is 0 Å². The molecule has 1 aliphatic rings. The molecule has 2 aromatic heterocycles. The molecule has 1 amide bonds. The second kappa shape index (κ2) is 8.51. The maximum Gasteiger partial charge on any atom is 0.242 e. The van der Waals surface area contributed by atoms with Crippen LogP contribution in [0, 0.1) is 0 Å². The molecule has 0 fully saturated rings. The maximum absolute atomic E-state index is 12.7. The van der Waals surface area contributed by atoms with Crippen LogP contribution < -0.4 is 16.0 Å². The minimum atomic E-state index is -0.506. The second-order valence-corrected chi connectivity index (χ2v) is 7.34. The molecule has 7 heteroatoms. The summed E-state index contributed by atoms with van der Waals surface area (Å²) in [7, 11) is -0.0430. The predicted octanol–water partition coefficient (Wildman–Crippen LogP) is 3.89. The zero-order valence-electron chi connectivity index (χ0n) is 17.8. The molecule has 2 heterocycles. The van der Waals surface area contributed by atoms with Crippen LogP contribution in [-0.2, 0) is 11.2 Å². The molecule has 0 radical (unpaired) electrons. The van der Waals surface area contributed by atoms with Crippen LogP contribution in [0.3, 0.4) is 0 Å². The highest BCUT2D eigenvalue weighted by molar-refractivity contribution is 6.07. The molecular formula is C23H25N5O2. The Morgan fingerprint density at radius 1 is 1.23 bits per heavy atom. The van der Waals surface area contributed by atoms with E-state index in [-0.39, 0.29) is 18.7 Å². The lowest BCUT2D eigenvalue weighted by molar-refractivity contribution is -0.117. The Morgan fingerprint density at radius 2 is 2.07 bits per heavy atom. The summed E-state index contributed by atoms with van der Waals surface area (Å²) in [6, 6.07) is 12.9. The summed E-state index contributed by atoms with van der Waals surface area (Å²) in [6.07, 6.45) is 3.80. The average molecular weight is 404 g/mol. The minimum absolute atomic E-state index is 0.0430. The number of benzene rings is 1. The Kier molecular flexibility index (Phi) is 5.26. The first-order valence-electron chi connectivity index (χ1n) is 10.7. The van der Waals surface area contributed by atoms with Crippen LogP contribution in [-0.4, -0.2) is 34.7 Å². The van der Waals surface area contributed by atoms with E-state index in [1.807, 2.05) is 36.4 Å². The number of aromatic nitrogens is 2. The number of likely N-dealkylation sites (N-methyl/N-ethyl adjacent to an activating group) is 1. The number of pyridine rings is 1. The number of H-pyrrole nitrogens is 1.